The van der Waals surface area contributed by atoms with E-state index in [0.717, 1.165) is 42.5 Å². The molecule has 9 heteroatoms. The van der Waals surface area contributed by atoms with E-state index in [4.69, 9.17) is 9.47 Å². The zero-order valence-electron chi connectivity index (χ0n) is 18.6. The highest BCUT2D eigenvalue weighted by molar-refractivity contribution is 5.98. The van der Waals surface area contributed by atoms with E-state index >= 15 is 0 Å². The summed E-state index contributed by atoms with van der Waals surface area (Å²) in [5, 5.41) is 7.45. The number of carbonyl (C=O) groups is 1. The summed E-state index contributed by atoms with van der Waals surface area (Å²) in [4.78, 5) is 21.1. The Kier molecular flexibility index (Phi) is 8.28. The van der Waals surface area contributed by atoms with E-state index in [2.05, 4.69) is 15.4 Å². The number of rotatable bonds is 9. The molecule has 1 N–H and O–H groups in total. The average Bonchev–Trinajstić information content (AvgIpc) is 3.21. The Bertz CT molecular complexity index is 864. The molecule has 0 saturated carbocycles. The number of nitrogens with zero attached hydrogens (tertiary/aromatic N) is 5. The van der Waals surface area contributed by atoms with Crippen molar-refractivity contribution < 1.29 is 14.3 Å². The van der Waals surface area contributed by atoms with Crippen LogP contribution in [0, 0.1) is 0 Å². The fraction of sp³-hybridized carbons (Fsp3) is 0.500. The van der Waals surface area contributed by atoms with E-state index in [1.54, 1.807) is 22.9 Å². The number of aromatic nitrogens is 2. The molecule has 0 atom stereocenters. The van der Waals surface area contributed by atoms with Crippen LogP contribution in [0.4, 0.5) is 5.69 Å². The SMILES string of the molecule is CCNC(=NCCCOCc1ccc(OC)cc1)N1CCN(c2cnn(C)c2)C(=O)C1. The number of aliphatic imine (C=N–C) groups is 1. The Balaban J connectivity index is 1.43. The molecular formula is C22H32N6O3. The molecule has 1 aromatic carbocycles. The molecule has 1 aromatic heterocycles. The standard InChI is InChI=1S/C22H32N6O3/c1-4-23-22(24-10-5-13-31-17-18-6-8-20(30-3)9-7-18)27-11-12-28(21(29)16-27)19-14-25-26(2)15-19/h6-9,14-15H,4-5,10-13,16-17H2,1-3H3,(H,23,24). The predicted octanol–water partition coefficient (Wildman–Crippen LogP) is 1.65. The molecule has 0 bridgehead atoms. The van der Waals surface area contributed by atoms with Gasteiger partial charge in [-0.2, -0.15) is 5.10 Å². The van der Waals surface area contributed by atoms with Gasteiger partial charge in [-0.05, 0) is 31.0 Å². The number of methoxy groups -OCH3 is 1. The van der Waals surface area contributed by atoms with Gasteiger partial charge in [0.1, 0.15) is 12.3 Å². The fourth-order valence-corrected chi connectivity index (χ4v) is 3.36. The van der Waals surface area contributed by atoms with E-state index in [-0.39, 0.29) is 5.91 Å². The lowest BCUT2D eigenvalue weighted by molar-refractivity contribution is -0.120. The lowest BCUT2D eigenvalue weighted by Crippen LogP contribution is -2.55. The van der Waals surface area contributed by atoms with Crippen molar-refractivity contribution in [3.05, 3.63) is 42.2 Å². The zero-order valence-corrected chi connectivity index (χ0v) is 18.6. The van der Waals surface area contributed by atoms with Gasteiger partial charge in [0.2, 0.25) is 5.91 Å². The number of nitrogens with one attached hydrogen (secondary N) is 1. The van der Waals surface area contributed by atoms with E-state index in [9.17, 15) is 4.79 Å². The molecule has 1 fully saturated rings. The minimum atomic E-state index is 0.0488. The van der Waals surface area contributed by atoms with Gasteiger partial charge in [0.25, 0.3) is 0 Å². The van der Waals surface area contributed by atoms with Crippen LogP contribution in [0.2, 0.25) is 0 Å². The largest absolute Gasteiger partial charge is 0.497 e. The minimum absolute atomic E-state index is 0.0488. The quantitative estimate of drug-likeness (QED) is 0.371. The molecule has 0 spiro atoms. The molecule has 1 aliphatic rings. The normalized spacial score (nSPS) is 14.8. The molecule has 1 aliphatic heterocycles. The number of anilines is 1. The van der Waals surface area contributed by atoms with Crippen LogP contribution < -0.4 is 15.0 Å². The van der Waals surface area contributed by atoms with Crippen LogP contribution in [-0.2, 0) is 23.2 Å². The van der Waals surface area contributed by atoms with Crippen LogP contribution >= 0.6 is 0 Å². The summed E-state index contributed by atoms with van der Waals surface area (Å²) in [5.74, 6) is 1.67. The van der Waals surface area contributed by atoms with Gasteiger partial charge in [-0.3, -0.25) is 14.5 Å². The van der Waals surface area contributed by atoms with Crippen molar-refractivity contribution in [1.82, 2.24) is 20.0 Å². The lowest BCUT2D eigenvalue weighted by atomic mass is 10.2. The number of carbonyl (C=O) groups excluding carboxylic acids is 1. The van der Waals surface area contributed by atoms with Crippen LogP contribution in [0.25, 0.3) is 0 Å². The first-order valence-electron chi connectivity index (χ1n) is 10.6. The maximum absolute atomic E-state index is 12.6. The topological polar surface area (TPSA) is 84.2 Å². The number of hydrogen-bond donors (Lipinski definition) is 1. The van der Waals surface area contributed by atoms with Crippen molar-refractivity contribution in [3.8, 4) is 5.75 Å². The van der Waals surface area contributed by atoms with Crippen LogP contribution in [0.3, 0.4) is 0 Å². The smallest absolute Gasteiger partial charge is 0.246 e. The number of amides is 1. The molecule has 1 saturated heterocycles. The second kappa shape index (κ2) is 11.4. The van der Waals surface area contributed by atoms with Crippen molar-refractivity contribution in [2.24, 2.45) is 12.0 Å². The molecular weight excluding hydrogens is 396 g/mol. The van der Waals surface area contributed by atoms with Crippen molar-refractivity contribution in [2.75, 3.05) is 51.3 Å². The van der Waals surface area contributed by atoms with Gasteiger partial charge in [0.15, 0.2) is 5.96 Å². The van der Waals surface area contributed by atoms with Crippen LogP contribution in [0.15, 0.2) is 41.7 Å². The molecule has 0 aliphatic carbocycles. The number of aryl methyl sites for hydroxylation is 1. The van der Waals surface area contributed by atoms with Gasteiger partial charge in [0.05, 0.1) is 25.6 Å². The zero-order chi connectivity index (χ0) is 22.1. The number of piperazine rings is 1. The average molecular weight is 429 g/mol. The Morgan fingerprint density at radius 1 is 1.26 bits per heavy atom. The summed E-state index contributed by atoms with van der Waals surface area (Å²) in [6.45, 7) is 6.25. The Labute approximate surface area is 183 Å². The first-order chi connectivity index (χ1) is 15.1. The summed E-state index contributed by atoms with van der Waals surface area (Å²) in [5.41, 5.74) is 1.95. The van der Waals surface area contributed by atoms with Gasteiger partial charge in [-0.25, -0.2) is 0 Å². The highest BCUT2D eigenvalue weighted by Gasteiger charge is 2.27. The van der Waals surface area contributed by atoms with Gasteiger partial charge in [-0.1, -0.05) is 12.1 Å². The second-order valence-corrected chi connectivity index (χ2v) is 7.33. The van der Waals surface area contributed by atoms with Gasteiger partial charge >= 0.3 is 0 Å². The lowest BCUT2D eigenvalue weighted by Gasteiger charge is -2.35. The summed E-state index contributed by atoms with van der Waals surface area (Å²) >= 11 is 0. The molecule has 0 unspecified atom stereocenters. The third kappa shape index (κ3) is 6.45. The first-order valence-corrected chi connectivity index (χ1v) is 10.6. The summed E-state index contributed by atoms with van der Waals surface area (Å²) < 4.78 is 12.6. The fourth-order valence-electron chi connectivity index (χ4n) is 3.36. The Morgan fingerprint density at radius 3 is 2.71 bits per heavy atom. The molecule has 0 radical (unpaired) electrons. The van der Waals surface area contributed by atoms with E-state index in [0.29, 0.717) is 32.8 Å². The molecule has 1 amide bonds. The van der Waals surface area contributed by atoms with Crippen molar-refractivity contribution in [1.29, 1.82) is 0 Å². The maximum Gasteiger partial charge on any atom is 0.246 e. The molecule has 2 aromatic rings. The first kappa shape index (κ1) is 22.6. The highest BCUT2D eigenvalue weighted by atomic mass is 16.5. The van der Waals surface area contributed by atoms with E-state index < -0.39 is 0 Å². The second-order valence-electron chi connectivity index (χ2n) is 7.33. The van der Waals surface area contributed by atoms with Gasteiger partial charge in [0, 0.05) is 46.0 Å². The monoisotopic (exact) mass is 428 g/mol. The third-order valence-corrected chi connectivity index (χ3v) is 4.99. The van der Waals surface area contributed by atoms with Crippen LogP contribution in [0.5, 0.6) is 5.75 Å². The molecule has 168 valence electrons. The number of benzene rings is 1. The van der Waals surface area contributed by atoms with Crippen molar-refractivity contribution in [3.63, 3.8) is 0 Å². The minimum Gasteiger partial charge on any atom is -0.497 e. The van der Waals surface area contributed by atoms with Crippen LogP contribution in [-0.4, -0.2) is 73.0 Å². The molecule has 2 heterocycles. The van der Waals surface area contributed by atoms with Gasteiger partial charge < -0.3 is 24.6 Å². The van der Waals surface area contributed by atoms with E-state index in [1.165, 1.54) is 0 Å². The summed E-state index contributed by atoms with van der Waals surface area (Å²) in [6.07, 6.45) is 4.40. The van der Waals surface area contributed by atoms with Crippen molar-refractivity contribution >= 4 is 17.6 Å². The number of ether oxygens (including phenoxy) is 2. The number of hydrogen-bond acceptors (Lipinski definition) is 5. The van der Waals surface area contributed by atoms with Crippen molar-refractivity contribution in [2.45, 2.75) is 20.0 Å². The summed E-state index contributed by atoms with van der Waals surface area (Å²) in [6, 6.07) is 7.87. The van der Waals surface area contributed by atoms with E-state index in [1.807, 2.05) is 49.3 Å². The Morgan fingerprint density at radius 2 is 2.06 bits per heavy atom. The molecule has 31 heavy (non-hydrogen) atoms. The third-order valence-electron chi connectivity index (χ3n) is 4.99. The van der Waals surface area contributed by atoms with Gasteiger partial charge in [-0.15, -0.1) is 0 Å². The maximum atomic E-state index is 12.6. The molecule has 9 nitrogen and oxygen atoms in total. The number of guanidine groups is 1. The Hall–Kier alpha value is -3.07. The summed E-state index contributed by atoms with van der Waals surface area (Å²) in [7, 11) is 3.51. The molecule has 3 rings (SSSR count). The predicted molar refractivity (Wildman–Crippen MR) is 120 cm³/mol. The van der Waals surface area contributed by atoms with Crippen LogP contribution in [0.1, 0.15) is 18.9 Å². The highest BCUT2D eigenvalue weighted by Crippen LogP contribution is 2.16.